The van der Waals surface area contributed by atoms with Crippen LogP contribution in [-0.2, 0) is 9.47 Å². The maximum Gasteiger partial charge on any atom is 0.193 e. The molecular formula is C20H38N4O2. The lowest BCUT2D eigenvalue weighted by Gasteiger charge is -2.39. The highest BCUT2D eigenvalue weighted by Crippen LogP contribution is 2.21. The van der Waals surface area contributed by atoms with Crippen molar-refractivity contribution in [2.24, 2.45) is 10.9 Å². The van der Waals surface area contributed by atoms with E-state index in [0.29, 0.717) is 6.04 Å². The number of rotatable bonds is 5. The molecule has 0 aromatic rings. The average Bonchev–Trinajstić information content (AvgIpc) is 3.18. The van der Waals surface area contributed by atoms with Crippen LogP contribution in [0.25, 0.3) is 0 Å². The number of guanidine groups is 1. The molecule has 0 aromatic heterocycles. The van der Waals surface area contributed by atoms with E-state index in [-0.39, 0.29) is 12.2 Å². The largest absolute Gasteiger partial charge is 0.375 e. The van der Waals surface area contributed by atoms with Gasteiger partial charge < -0.3 is 19.7 Å². The van der Waals surface area contributed by atoms with Crippen LogP contribution in [0.4, 0.5) is 0 Å². The summed E-state index contributed by atoms with van der Waals surface area (Å²) in [6.07, 6.45) is 6.69. The molecule has 26 heavy (non-hydrogen) atoms. The smallest absolute Gasteiger partial charge is 0.193 e. The minimum absolute atomic E-state index is 0.178. The SMILES string of the molecule is CN=C(NCC1CCCCN1CC(C)C)N1CCOC(C2CCCO2)C1. The molecule has 0 radical (unpaired) electrons. The zero-order chi connectivity index (χ0) is 18.4. The summed E-state index contributed by atoms with van der Waals surface area (Å²) < 4.78 is 11.8. The molecule has 3 aliphatic rings. The zero-order valence-corrected chi connectivity index (χ0v) is 17.0. The molecule has 3 rings (SSSR count). The highest BCUT2D eigenvalue weighted by atomic mass is 16.5. The first-order chi connectivity index (χ1) is 12.7. The van der Waals surface area contributed by atoms with Crippen LogP contribution in [0.5, 0.6) is 0 Å². The number of morpholine rings is 1. The van der Waals surface area contributed by atoms with Gasteiger partial charge in [0.25, 0.3) is 0 Å². The van der Waals surface area contributed by atoms with Crippen LogP contribution >= 0.6 is 0 Å². The number of likely N-dealkylation sites (tertiary alicyclic amines) is 1. The van der Waals surface area contributed by atoms with Crippen molar-refractivity contribution in [1.29, 1.82) is 0 Å². The van der Waals surface area contributed by atoms with Crippen LogP contribution in [0.2, 0.25) is 0 Å². The van der Waals surface area contributed by atoms with Crippen molar-refractivity contribution in [1.82, 2.24) is 15.1 Å². The van der Waals surface area contributed by atoms with E-state index in [1.807, 2.05) is 7.05 Å². The van der Waals surface area contributed by atoms with E-state index in [1.54, 1.807) is 0 Å². The van der Waals surface area contributed by atoms with Crippen LogP contribution in [0.3, 0.4) is 0 Å². The van der Waals surface area contributed by atoms with Gasteiger partial charge in [-0.1, -0.05) is 20.3 Å². The maximum absolute atomic E-state index is 5.98. The summed E-state index contributed by atoms with van der Waals surface area (Å²) in [6.45, 7) is 11.5. The topological polar surface area (TPSA) is 49.3 Å². The number of hydrogen-bond donors (Lipinski definition) is 1. The second kappa shape index (κ2) is 9.90. The Labute approximate surface area is 159 Å². The molecule has 0 aromatic carbocycles. The van der Waals surface area contributed by atoms with E-state index in [0.717, 1.165) is 57.6 Å². The Kier molecular flexibility index (Phi) is 7.58. The third kappa shape index (κ3) is 5.33. The molecule has 6 heteroatoms. The molecule has 6 nitrogen and oxygen atoms in total. The molecular weight excluding hydrogens is 328 g/mol. The van der Waals surface area contributed by atoms with E-state index in [9.17, 15) is 0 Å². The third-order valence-electron chi connectivity index (χ3n) is 5.83. The molecule has 3 unspecified atom stereocenters. The summed E-state index contributed by atoms with van der Waals surface area (Å²) in [5.74, 6) is 1.74. The van der Waals surface area contributed by atoms with Crippen molar-refractivity contribution in [2.75, 3.05) is 53.0 Å². The number of nitrogens with one attached hydrogen (secondary N) is 1. The molecule has 3 fully saturated rings. The van der Waals surface area contributed by atoms with E-state index in [1.165, 1.54) is 32.4 Å². The zero-order valence-electron chi connectivity index (χ0n) is 17.0. The monoisotopic (exact) mass is 366 g/mol. The van der Waals surface area contributed by atoms with Crippen LogP contribution in [-0.4, -0.2) is 87.0 Å². The van der Waals surface area contributed by atoms with Gasteiger partial charge in [-0.25, -0.2) is 0 Å². The molecule has 150 valence electrons. The van der Waals surface area contributed by atoms with Crippen molar-refractivity contribution in [2.45, 2.75) is 64.2 Å². The molecule has 0 amide bonds. The molecule has 3 aliphatic heterocycles. The van der Waals surface area contributed by atoms with Gasteiger partial charge in [0, 0.05) is 45.9 Å². The second-order valence-electron chi connectivity index (χ2n) is 8.37. The summed E-state index contributed by atoms with van der Waals surface area (Å²) in [4.78, 5) is 9.58. The number of ether oxygens (including phenoxy) is 2. The summed E-state index contributed by atoms with van der Waals surface area (Å²) in [5, 5.41) is 3.66. The van der Waals surface area contributed by atoms with Gasteiger partial charge in [-0.05, 0) is 38.1 Å². The highest BCUT2D eigenvalue weighted by Gasteiger charge is 2.32. The molecule has 0 spiro atoms. The van der Waals surface area contributed by atoms with Gasteiger partial charge in [-0.3, -0.25) is 9.89 Å². The highest BCUT2D eigenvalue weighted by molar-refractivity contribution is 5.80. The van der Waals surface area contributed by atoms with Gasteiger partial charge in [-0.2, -0.15) is 0 Å². The molecule has 0 saturated carbocycles. The van der Waals surface area contributed by atoms with E-state index in [2.05, 4.69) is 34.0 Å². The van der Waals surface area contributed by atoms with Gasteiger partial charge in [0.15, 0.2) is 5.96 Å². The van der Waals surface area contributed by atoms with Crippen LogP contribution in [0.1, 0.15) is 46.0 Å². The Bertz CT molecular complexity index is 451. The quantitative estimate of drug-likeness (QED) is 0.595. The standard InChI is InChI=1S/C20H38N4O2/c1-16(2)14-23-9-5-4-7-17(23)13-22-20(21-3)24-10-12-26-19(15-24)18-8-6-11-25-18/h16-19H,4-15H2,1-3H3,(H,21,22). The normalized spacial score (nSPS) is 31.6. The number of piperidine rings is 1. The number of hydrogen-bond acceptors (Lipinski definition) is 4. The molecule has 0 aliphatic carbocycles. The Balaban J connectivity index is 1.51. The molecule has 1 N–H and O–H groups in total. The maximum atomic E-state index is 5.98. The first-order valence-corrected chi connectivity index (χ1v) is 10.6. The van der Waals surface area contributed by atoms with Crippen molar-refractivity contribution < 1.29 is 9.47 Å². The average molecular weight is 367 g/mol. The lowest BCUT2D eigenvalue weighted by molar-refractivity contribution is -0.0817. The molecule has 0 bridgehead atoms. The summed E-state index contributed by atoms with van der Waals surface area (Å²) in [6, 6.07) is 0.623. The Morgan fingerprint density at radius 3 is 2.65 bits per heavy atom. The predicted octanol–water partition coefficient (Wildman–Crippen LogP) is 1.95. The van der Waals surface area contributed by atoms with Crippen LogP contribution in [0.15, 0.2) is 4.99 Å². The minimum atomic E-state index is 0.178. The van der Waals surface area contributed by atoms with Crippen molar-refractivity contribution in [3.63, 3.8) is 0 Å². The van der Waals surface area contributed by atoms with E-state index >= 15 is 0 Å². The van der Waals surface area contributed by atoms with Crippen LogP contribution in [0, 0.1) is 5.92 Å². The van der Waals surface area contributed by atoms with Crippen LogP contribution < -0.4 is 5.32 Å². The fourth-order valence-corrected chi connectivity index (χ4v) is 4.53. The molecule has 3 saturated heterocycles. The lowest BCUT2D eigenvalue weighted by atomic mass is 10.0. The first-order valence-electron chi connectivity index (χ1n) is 10.6. The lowest BCUT2D eigenvalue weighted by Crippen LogP contribution is -2.55. The predicted molar refractivity (Wildman–Crippen MR) is 106 cm³/mol. The van der Waals surface area contributed by atoms with Gasteiger partial charge in [0.1, 0.15) is 6.10 Å². The fraction of sp³-hybridized carbons (Fsp3) is 0.950. The van der Waals surface area contributed by atoms with Gasteiger partial charge in [0.2, 0.25) is 0 Å². The van der Waals surface area contributed by atoms with E-state index < -0.39 is 0 Å². The van der Waals surface area contributed by atoms with Crippen molar-refractivity contribution >= 4 is 5.96 Å². The minimum Gasteiger partial charge on any atom is -0.375 e. The Morgan fingerprint density at radius 1 is 1.08 bits per heavy atom. The van der Waals surface area contributed by atoms with E-state index in [4.69, 9.17) is 9.47 Å². The summed E-state index contributed by atoms with van der Waals surface area (Å²) in [5.41, 5.74) is 0. The third-order valence-corrected chi connectivity index (χ3v) is 5.83. The Hall–Kier alpha value is -0.850. The fourth-order valence-electron chi connectivity index (χ4n) is 4.53. The summed E-state index contributed by atoms with van der Waals surface area (Å²) >= 11 is 0. The second-order valence-corrected chi connectivity index (χ2v) is 8.37. The van der Waals surface area contributed by atoms with Gasteiger partial charge in [0.05, 0.1) is 12.7 Å². The Morgan fingerprint density at radius 2 is 1.92 bits per heavy atom. The molecule has 3 atom stereocenters. The van der Waals surface area contributed by atoms with Crippen molar-refractivity contribution in [3.8, 4) is 0 Å². The first kappa shape index (κ1) is 19.9. The molecule has 3 heterocycles. The summed E-state index contributed by atoms with van der Waals surface area (Å²) in [7, 11) is 1.89. The van der Waals surface area contributed by atoms with Gasteiger partial charge >= 0.3 is 0 Å². The van der Waals surface area contributed by atoms with Crippen molar-refractivity contribution in [3.05, 3.63) is 0 Å². The number of nitrogens with zero attached hydrogens (tertiary/aromatic N) is 3. The van der Waals surface area contributed by atoms with Gasteiger partial charge in [-0.15, -0.1) is 0 Å². The number of aliphatic imine (C=N–C) groups is 1.